The first-order valence-electron chi connectivity index (χ1n) is 4.87. The van der Waals surface area contributed by atoms with Gasteiger partial charge in [0.1, 0.15) is 5.82 Å². The van der Waals surface area contributed by atoms with E-state index >= 15 is 0 Å². The van der Waals surface area contributed by atoms with Crippen molar-refractivity contribution in [2.45, 2.75) is 20.3 Å². The second-order valence-electron chi connectivity index (χ2n) is 3.26. The maximum absolute atomic E-state index is 5.77. The molecule has 84 valence electrons. The van der Waals surface area contributed by atoms with Crippen molar-refractivity contribution in [3.05, 3.63) is 22.9 Å². The number of hydrogen-bond acceptors (Lipinski definition) is 5. The fraction of sp³-hybridized carbons (Fsp3) is 0.333. The Kier molecular flexibility index (Phi) is 3.00. The first kappa shape index (κ1) is 10.8. The zero-order valence-electron chi connectivity index (χ0n) is 8.95. The Bertz CT molecular complexity index is 494. The Balaban J connectivity index is 2.24. The molecule has 6 nitrogen and oxygen atoms in total. The Morgan fingerprint density at radius 1 is 1.38 bits per heavy atom. The monoisotopic (exact) mass is 238 g/mol. The Morgan fingerprint density at radius 3 is 2.81 bits per heavy atom. The predicted octanol–water partition coefficient (Wildman–Crippen LogP) is 1.86. The topological polar surface area (TPSA) is 79.4 Å². The fourth-order valence-corrected chi connectivity index (χ4v) is 1.38. The molecule has 0 unspecified atom stereocenters. The zero-order valence-corrected chi connectivity index (χ0v) is 9.71. The minimum absolute atomic E-state index is 0.182. The van der Waals surface area contributed by atoms with Crippen molar-refractivity contribution < 1.29 is 0 Å². The zero-order chi connectivity index (χ0) is 11.5. The molecule has 16 heavy (non-hydrogen) atoms. The van der Waals surface area contributed by atoms with Gasteiger partial charge in [0.15, 0.2) is 5.82 Å². The largest absolute Gasteiger partial charge is 0.307 e. The second kappa shape index (κ2) is 4.44. The normalized spacial score (nSPS) is 10.4. The van der Waals surface area contributed by atoms with Gasteiger partial charge in [0.2, 0.25) is 11.2 Å². The lowest BCUT2D eigenvalue weighted by molar-refractivity contribution is 0.902. The van der Waals surface area contributed by atoms with Crippen molar-refractivity contribution in [1.29, 1.82) is 0 Å². The molecule has 0 bridgehead atoms. The number of hydrogen-bond donors (Lipinski definition) is 2. The molecule has 2 N–H and O–H groups in total. The van der Waals surface area contributed by atoms with E-state index < -0.39 is 0 Å². The number of nitrogens with one attached hydrogen (secondary N) is 2. The summed E-state index contributed by atoms with van der Waals surface area (Å²) in [5.41, 5.74) is 0.957. The van der Waals surface area contributed by atoms with Crippen LogP contribution in [0, 0.1) is 6.92 Å². The third-order valence-electron chi connectivity index (χ3n) is 1.92. The van der Waals surface area contributed by atoms with Crippen LogP contribution in [0.3, 0.4) is 0 Å². The lowest BCUT2D eigenvalue weighted by atomic mass is 10.4. The third kappa shape index (κ3) is 2.46. The van der Waals surface area contributed by atoms with E-state index in [4.69, 9.17) is 11.6 Å². The summed E-state index contributed by atoms with van der Waals surface area (Å²) in [6.45, 7) is 3.87. The fourth-order valence-electron chi connectivity index (χ4n) is 1.20. The molecule has 0 saturated carbocycles. The molecule has 0 amide bonds. The van der Waals surface area contributed by atoms with E-state index in [2.05, 4.69) is 30.5 Å². The molecule has 0 aliphatic heterocycles. The summed E-state index contributed by atoms with van der Waals surface area (Å²) in [5.74, 6) is 1.71. The molecule has 2 aromatic heterocycles. The molecule has 2 rings (SSSR count). The number of nitrogens with zero attached hydrogens (tertiary/aromatic N) is 4. The number of aryl methyl sites for hydroxylation is 2. The van der Waals surface area contributed by atoms with Crippen molar-refractivity contribution in [2.75, 3.05) is 5.32 Å². The summed E-state index contributed by atoms with van der Waals surface area (Å²) in [4.78, 5) is 12.1. The molecule has 0 fully saturated rings. The van der Waals surface area contributed by atoms with Gasteiger partial charge in [-0.2, -0.15) is 15.1 Å². The van der Waals surface area contributed by atoms with Gasteiger partial charge in [0.25, 0.3) is 0 Å². The van der Waals surface area contributed by atoms with Crippen molar-refractivity contribution in [3.8, 4) is 0 Å². The van der Waals surface area contributed by atoms with E-state index in [0.29, 0.717) is 24.0 Å². The van der Waals surface area contributed by atoms with Crippen LogP contribution in [-0.4, -0.2) is 25.1 Å². The van der Waals surface area contributed by atoms with Gasteiger partial charge in [-0.25, -0.2) is 4.98 Å². The number of aromatic amines is 1. The highest BCUT2D eigenvalue weighted by Crippen LogP contribution is 2.12. The minimum Gasteiger partial charge on any atom is -0.307 e. The van der Waals surface area contributed by atoms with Crippen LogP contribution in [0.25, 0.3) is 0 Å². The summed E-state index contributed by atoms with van der Waals surface area (Å²) in [6, 6.07) is 1.85. The SMILES string of the molecule is CCc1nc(Cl)nc(Nc2cc(C)[nH]n2)n1. The molecule has 0 aromatic carbocycles. The molecule has 0 atom stereocenters. The summed E-state index contributed by atoms with van der Waals surface area (Å²) < 4.78 is 0. The van der Waals surface area contributed by atoms with E-state index in [9.17, 15) is 0 Å². The number of H-pyrrole nitrogens is 1. The Labute approximate surface area is 97.5 Å². The standard InChI is InChI=1S/C9H11ClN6/c1-3-6-11-8(10)14-9(12-6)13-7-4-5(2)15-16-7/h4H,3H2,1-2H3,(H2,11,12,13,14,15,16). The van der Waals surface area contributed by atoms with Crippen LogP contribution < -0.4 is 5.32 Å². The van der Waals surface area contributed by atoms with Gasteiger partial charge < -0.3 is 5.32 Å². The molecule has 0 aliphatic carbocycles. The van der Waals surface area contributed by atoms with Gasteiger partial charge in [-0.05, 0) is 18.5 Å². The highest BCUT2D eigenvalue weighted by molar-refractivity contribution is 6.28. The average Bonchev–Trinajstić information content (AvgIpc) is 2.63. The van der Waals surface area contributed by atoms with Crippen molar-refractivity contribution >= 4 is 23.4 Å². The van der Waals surface area contributed by atoms with Gasteiger partial charge >= 0.3 is 0 Å². The van der Waals surface area contributed by atoms with Crippen LogP contribution in [0.15, 0.2) is 6.07 Å². The highest BCUT2D eigenvalue weighted by atomic mass is 35.5. The van der Waals surface area contributed by atoms with Gasteiger partial charge in [0, 0.05) is 18.2 Å². The average molecular weight is 239 g/mol. The Hall–Kier alpha value is -1.69. The quantitative estimate of drug-likeness (QED) is 0.853. The van der Waals surface area contributed by atoms with Gasteiger partial charge in [0.05, 0.1) is 0 Å². The molecule has 2 heterocycles. The van der Waals surface area contributed by atoms with Crippen LogP contribution in [0.2, 0.25) is 5.28 Å². The molecule has 0 radical (unpaired) electrons. The van der Waals surface area contributed by atoms with Crippen molar-refractivity contribution in [1.82, 2.24) is 25.1 Å². The summed E-state index contributed by atoms with van der Waals surface area (Å²) in [5, 5.41) is 9.97. The Morgan fingerprint density at radius 2 is 2.19 bits per heavy atom. The van der Waals surface area contributed by atoms with Gasteiger partial charge in [-0.1, -0.05) is 6.92 Å². The lowest BCUT2D eigenvalue weighted by Crippen LogP contribution is -2.03. The maximum Gasteiger partial charge on any atom is 0.232 e. The first-order chi connectivity index (χ1) is 7.67. The number of halogens is 1. The van der Waals surface area contributed by atoms with E-state index in [-0.39, 0.29) is 5.28 Å². The molecule has 0 spiro atoms. The third-order valence-corrected chi connectivity index (χ3v) is 2.09. The smallest absolute Gasteiger partial charge is 0.232 e. The van der Waals surface area contributed by atoms with Crippen molar-refractivity contribution in [2.24, 2.45) is 0 Å². The highest BCUT2D eigenvalue weighted by Gasteiger charge is 2.05. The maximum atomic E-state index is 5.77. The molecular formula is C9H11ClN6. The van der Waals surface area contributed by atoms with Crippen LogP contribution in [-0.2, 0) is 6.42 Å². The van der Waals surface area contributed by atoms with E-state index in [1.165, 1.54) is 0 Å². The molecular weight excluding hydrogens is 228 g/mol. The lowest BCUT2D eigenvalue weighted by Gasteiger charge is -2.02. The minimum atomic E-state index is 0.182. The number of rotatable bonds is 3. The summed E-state index contributed by atoms with van der Waals surface area (Å²) in [6.07, 6.45) is 0.705. The van der Waals surface area contributed by atoms with Crippen molar-refractivity contribution in [3.63, 3.8) is 0 Å². The van der Waals surface area contributed by atoms with Crippen LogP contribution in [0.1, 0.15) is 18.4 Å². The van der Waals surface area contributed by atoms with Crippen LogP contribution >= 0.6 is 11.6 Å². The van der Waals surface area contributed by atoms with Gasteiger partial charge in [-0.3, -0.25) is 5.10 Å². The van der Waals surface area contributed by atoms with Crippen LogP contribution in [0.5, 0.6) is 0 Å². The number of anilines is 2. The van der Waals surface area contributed by atoms with E-state index in [1.807, 2.05) is 19.9 Å². The van der Waals surface area contributed by atoms with E-state index in [0.717, 1.165) is 5.69 Å². The van der Waals surface area contributed by atoms with Gasteiger partial charge in [-0.15, -0.1) is 0 Å². The molecule has 0 aliphatic rings. The first-order valence-corrected chi connectivity index (χ1v) is 5.24. The summed E-state index contributed by atoms with van der Waals surface area (Å²) in [7, 11) is 0. The number of aromatic nitrogens is 5. The van der Waals surface area contributed by atoms with Crippen LogP contribution in [0.4, 0.5) is 11.8 Å². The summed E-state index contributed by atoms with van der Waals surface area (Å²) >= 11 is 5.77. The molecule has 2 aromatic rings. The van der Waals surface area contributed by atoms with E-state index in [1.54, 1.807) is 0 Å². The second-order valence-corrected chi connectivity index (χ2v) is 3.60. The predicted molar refractivity (Wildman–Crippen MR) is 60.8 cm³/mol. The molecule has 7 heteroatoms. The molecule has 0 saturated heterocycles.